The van der Waals surface area contributed by atoms with Gasteiger partial charge in [-0.1, -0.05) is 222 Å². The number of allylic oxidation sites excluding steroid dienone is 30. The Hall–Kier alpha value is -5.49. The summed E-state index contributed by atoms with van der Waals surface area (Å²) < 4.78 is 16.8. The molecule has 416 valence electrons. The van der Waals surface area contributed by atoms with Crippen LogP contribution in [0.25, 0.3) is 0 Å². The Morgan fingerprint density at radius 2 is 0.480 bits per heavy atom. The van der Waals surface area contributed by atoms with Crippen LogP contribution in [0.2, 0.25) is 0 Å². The zero-order valence-corrected chi connectivity index (χ0v) is 47.5. The molecule has 75 heavy (non-hydrogen) atoms. The number of esters is 3. The summed E-state index contributed by atoms with van der Waals surface area (Å²) in [6.07, 6.45) is 91.8. The van der Waals surface area contributed by atoms with Gasteiger partial charge in [-0.25, -0.2) is 0 Å². The maximum Gasteiger partial charge on any atom is 0.306 e. The number of hydrogen-bond acceptors (Lipinski definition) is 6. The van der Waals surface area contributed by atoms with Crippen molar-refractivity contribution >= 4 is 17.9 Å². The Morgan fingerprint density at radius 1 is 0.267 bits per heavy atom. The molecule has 0 spiro atoms. The molecule has 0 aliphatic rings. The van der Waals surface area contributed by atoms with E-state index in [-0.39, 0.29) is 44.0 Å². The number of hydrogen-bond donors (Lipinski definition) is 0. The van der Waals surface area contributed by atoms with Gasteiger partial charge in [0.1, 0.15) is 13.2 Å². The highest BCUT2D eigenvalue weighted by atomic mass is 16.6. The van der Waals surface area contributed by atoms with Gasteiger partial charge in [-0.3, -0.25) is 14.4 Å². The predicted molar refractivity (Wildman–Crippen MR) is 324 cm³/mol. The molecule has 6 heteroatoms. The first-order valence-electron chi connectivity index (χ1n) is 29.3. The second-order valence-electron chi connectivity index (χ2n) is 18.4. The van der Waals surface area contributed by atoms with E-state index in [0.29, 0.717) is 19.3 Å². The van der Waals surface area contributed by atoms with Crippen LogP contribution in [-0.4, -0.2) is 37.2 Å². The highest BCUT2D eigenvalue weighted by Crippen LogP contribution is 2.12. The van der Waals surface area contributed by atoms with Gasteiger partial charge < -0.3 is 14.2 Å². The topological polar surface area (TPSA) is 78.9 Å². The summed E-state index contributed by atoms with van der Waals surface area (Å²) in [7, 11) is 0. The molecule has 0 heterocycles. The van der Waals surface area contributed by atoms with Gasteiger partial charge in [0.15, 0.2) is 6.10 Å². The van der Waals surface area contributed by atoms with Gasteiger partial charge in [-0.15, -0.1) is 0 Å². The molecule has 1 atom stereocenters. The quantitative estimate of drug-likeness (QED) is 0.0261. The molecule has 0 bridgehead atoms. The third-order valence-electron chi connectivity index (χ3n) is 11.4. The smallest absolute Gasteiger partial charge is 0.306 e. The Balaban J connectivity index is 4.53. The molecule has 0 aliphatic heterocycles. The van der Waals surface area contributed by atoms with E-state index in [0.717, 1.165) is 161 Å². The van der Waals surface area contributed by atoms with Gasteiger partial charge in [0.2, 0.25) is 0 Å². The van der Waals surface area contributed by atoms with Crippen molar-refractivity contribution in [1.29, 1.82) is 0 Å². The Kier molecular flexibility index (Phi) is 56.6. The number of unbranched alkanes of at least 4 members (excludes halogenated alkanes) is 9. The van der Waals surface area contributed by atoms with Gasteiger partial charge in [-0.2, -0.15) is 0 Å². The van der Waals surface area contributed by atoms with E-state index in [1.54, 1.807) is 0 Å². The predicted octanol–water partition coefficient (Wildman–Crippen LogP) is 20.1. The van der Waals surface area contributed by atoms with Crippen LogP contribution in [0.15, 0.2) is 182 Å². The number of ether oxygens (including phenoxy) is 3. The maximum atomic E-state index is 12.8. The van der Waals surface area contributed by atoms with Gasteiger partial charge >= 0.3 is 17.9 Å². The van der Waals surface area contributed by atoms with Crippen molar-refractivity contribution < 1.29 is 28.6 Å². The standard InChI is InChI=1S/C69H104O6/c1-4-7-10-13-16-19-22-25-28-29-30-31-32-33-34-35-36-37-38-39-42-44-47-50-53-56-59-62-68(71)74-65-66(75-69(72)63-60-57-54-51-48-45-41-27-24-21-18-15-12-9-6-3)64-73-67(70)61-58-55-52-49-46-43-40-26-23-20-17-14-11-8-5-2/h7-12,16-21,25-28,30-31,33-34,36-37,39-42,47-48,50-51,66H,4-6,13-15,22-24,29,32,35,38,43-46,49,52-65H2,1-3H3/b10-7-,11-8-,12-9-,19-16-,20-17-,21-18-,28-25-,31-30-,34-33-,37-36-,40-26-,41-27-,42-39-,50-47-,51-48-. The van der Waals surface area contributed by atoms with Crippen LogP contribution in [0.4, 0.5) is 0 Å². The molecule has 0 aromatic rings. The zero-order chi connectivity index (χ0) is 54.3. The highest BCUT2D eigenvalue weighted by molar-refractivity contribution is 5.71. The largest absolute Gasteiger partial charge is 0.462 e. The van der Waals surface area contributed by atoms with Gasteiger partial charge in [-0.05, 0) is 154 Å². The van der Waals surface area contributed by atoms with E-state index in [1.165, 1.54) is 0 Å². The average Bonchev–Trinajstić information content (AvgIpc) is 3.41. The minimum absolute atomic E-state index is 0.128. The highest BCUT2D eigenvalue weighted by Gasteiger charge is 2.19. The molecule has 1 unspecified atom stereocenters. The number of carbonyl (C=O) groups is 3. The van der Waals surface area contributed by atoms with E-state index in [9.17, 15) is 14.4 Å². The average molecular weight is 1030 g/mol. The van der Waals surface area contributed by atoms with Gasteiger partial charge in [0, 0.05) is 19.3 Å². The fraction of sp³-hybridized carbons (Fsp3) is 0.522. The molecule has 0 saturated heterocycles. The normalized spacial score (nSPS) is 13.5. The summed E-state index contributed by atoms with van der Waals surface area (Å²) in [5.74, 6) is -1.04. The molecule has 6 nitrogen and oxygen atoms in total. The Morgan fingerprint density at radius 3 is 0.773 bits per heavy atom. The lowest BCUT2D eigenvalue weighted by Crippen LogP contribution is -2.30. The fourth-order valence-corrected chi connectivity index (χ4v) is 7.11. The molecular formula is C69H104O6. The Labute approximate surface area is 459 Å². The van der Waals surface area contributed by atoms with Crippen molar-refractivity contribution in [2.75, 3.05) is 13.2 Å². The van der Waals surface area contributed by atoms with Gasteiger partial charge in [0.25, 0.3) is 0 Å². The van der Waals surface area contributed by atoms with Crippen LogP contribution in [0.5, 0.6) is 0 Å². The second-order valence-corrected chi connectivity index (χ2v) is 18.4. The van der Waals surface area contributed by atoms with Crippen LogP contribution in [-0.2, 0) is 28.6 Å². The number of rotatable bonds is 50. The third-order valence-corrected chi connectivity index (χ3v) is 11.4. The molecule has 0 rings (SSSR count). The minimum Gasteiger partial charge on any atom is -0.462 e. The second kappa shape index (κ2) is 61.1. The lowest BCUT2D eigenvalue weighted by Gasteiger charge is -2.18. The molecule has 0 saturated carbocycles. The molecule has 0 amide bonds. The van der Waals surface area contributed by atoms with E-state index < -0.39 is 6.10 Å². The summed E-state index contributed by atoms with van der Waals surface area (Å²) in [4.78, 5) is 38.2. The van der Waals surface area contributed by atoms with Crippen LogP contribution in [0.1, 0.15) is 213 Å². The molecule has 0 aromatic carbocycles. The van der Waals surface area contributed by atoms with Crippen molar-refractivity contribution in [3.63, 3.8) is 0 Å². The molecule has 0 radical (unpaired) electrons. The van der Waals surface area contributed by atoms with Crippen molar-refractivity contribution in [3.05, 3.63) is 182 Å². The first kappa shape index (κ1) is 69.5. The van der Waals surface area contributed by atoms with Gasteiger partial charge in [0.05, 0.1) is 0 Å². The van der Waals surface area contributed by atoms with E-state index in [1.807, 2.05) is 0 Å². The summed E-state index contributed by atoms with van der Waals surface area (Å²) >= 11 is 0. The van der Waals surface area contributed by atoms with Crippen LogP contribution in [0.3, 0.4) is 0 Å². The lowest BCUT2D eigenvalue weighted by molar-refractivity contribution is -0.167. The van der Waals surface area contributed by atoms with Crippen molar-refractivity contribution in [2.45, 2.75) is 219 Å². The first-order chi connectivity index (χ1) is 37.0. The minimum atomic E-state index is -0.837. The van der Waals surface area contributed by atoms with Crippen LogP contribution >= 0.6 is 0 Å². The lowest BCUT2D eigenvalue weighted by atomic mass is 10.1. The first-order valence-corrected chi connectivity index (χ1v) is 29.3. The van der Waals surface area contributed by atoms with E-state index >= 15 is 0 Å². The molecular weight excluding hydrogens is 925 g/mol. The third kappa shape index (κ3) is 59.3. The summed E-state index contributed by atoms with van der Waals surface area (Å²) in [6, 6.07) is 0. The number of carbonyl (C=O) groups excluding carboxylic acids is 3. The fourth-order valence-electron chi connectivity index (χ4n) is 7.11. The molecule has 0 N–H and O–H groups in total. The molecule has 0 aromatic heterocycles. The zero-order valence-electron chi connectivity index (χ0n) is 47.5. The van der Waals surface area contributed by atoms with Crippen molar-refractivity contribution in [2.24, 2.45) is 0 Å². The molecule has 0 fully saturated rings. The van der Waals surface area contributed by atoms with E-state index in [2.05, 4.69) is 203 Å². The monoisotopic (exact) mass is 1030 g/mol. The summed E-state index contributed by atoms with van der Waals surface area (Å²) in [6.45, 7) is 6.19. The Bertz CT molecular complexity index is 1800. The van der Waals surface area contributed by atoms with Crippen molar-refractivity contribution in [3.8, 4) is 0 Å². The van der Waals surface area contributed by atoms with Crippen LogP contribution in [0, 0.1) is 0 Å². The van der Waals surface area contributed by atoms with E-state index in [4.69, 9.17) is 14.2 Å². The van der Waals surface area contributed by atoms with Crippen LogP contribution < -0.4 is 0 Å². The molecule has 0 aliphatic carbocycles. The summed E-state index contributed by atoms with van der Waals surface area (Å²) in [5, 5.41) is 0. The maximum absolute atomic E-state index is 12.8. The summed E-state index contributed by atoms with van der Waals surface area (Å²) in [5.41, 5.74) is 0. The van der Waals surface area contributed by atoms with Crippen molar-refractivity contribution in [1.82, 2.24) is 0 Å². The SMILES string of the molecule is CC/C=C\C/C=C\C/C=C\C/C=C\C/C=C\C/C=C\C/C=C\C/C=C\CCCCC(=O)OCC(COC(=O)CCCCCCC/C=C\C/C=C\C/C=C\CC)OC(=O)CCCC/C=C\C/C=C\C/C=C\C/C=C\CC.